The van der Waals surface area contributed by atoms with Crippen LogP contribution in [0.25, 0.3) is 44.5 Å². The number of hydrogen-bond acceptors (Lipinski definition) is 4. The van der Waals surface area contributed by atoms with Gasteiger partial charge < -0.3 is 9.80 Å². The van der Waals surface area contributed by atoms with Crippen LogP contribution in [0.4, 0.5) is 34.1 Å². The monoisotopic (exact) mass is 908 g/mol. The van der Waals surface area contributed by atoms with Crippen LogP contribution in [0.2, 0.25) is 5.02 Å². The van der Waals surface area contributed by atoms with Gasteiger partial charge in [-0.2, -0.15) is 0 Å². The van der Waals surface area contributed by atoms with Crippen molar-refractivity contribution in [3.63, 3.8) is 0 Å². The Kier molecular flexibility index (Phi) is 11.2. The first kappa shape index (κ1) is 38.2. The first-order chi connectivity index (χ1) is 29.0. The van der Waals surface area contributed by atoms with Gasteiger partial charge in [-0.1, -0.05) is 177 Å². The van der Waals surface area contributed by atoms with E-state index in [4.69, 9.17) is 21.6 Å². The van der Waals surface area contributed by atoms with Gasteiger partial charge in [0.15, 0.2) is 0 Å². The van der Waals surface area contributed by atoms with E-state index in [0.29, 0.717) is 5.02 Å². The zero-order valence-corrected chi connectivity index (χ0v) is 35.6. The van der Waals surface area contributed by atoms with Crippen molar-refractivity contribution in [2.45, 2.75) is 0 Å². The minimum atomic E-state index is 0.575. The third kappa shape index (κ3) is 8.08. The molecule has 0 unspecified atom stereocenters. The molecule has 7 heteroatoms. The predicted octanol–water partition coefficient (Wildman–Crippen LogP) is 16.3. The van der Waals surface area contributed by atoms with Gasteiger partial charge in [-0.15, -0.1) is 0 Å². The van der Waals surface area contributed by atoms with E-state index in [1.54, 1.807) is 0 Å². The van der Waals surface area contributed by atoms with Gasteiger partial charge in [-0.3, -0.25) is 9.97 Å². The second-order valence-electron chi connectivity index (χ2n) is 13.9. The van der Waals surface area contributed by atoms with Crippen molar-refractivity contribution in [2.24, 2.45) is 0 Å². The highest BCUT2D eigenvalue weighted by atomic mass is 79.9. The van der Waals surface area contributed by atoms with Gasteiger partial charge in [0.2, 0.25) is 0 Å². The maximum Gasteiger partial charge on any atom is 0.0649 e. The van der Waals surface area contributed by atoms with Gasteiger partial charge in [0.25, 0.3) is 0 Å². The first-order valence-corrected chi connectivity index (χ1v) is 21.1. The quantitative estimate of drug-likeness (QED) is 0.137. The summed E-state index contributed by atoms with van der Waals surface area (Å²) in [6.07, 6.45) is 7.82. The molecule has 4 nitrogen and oxygen atoms in total. The van der Waals surface area contributed by atoms with E-state index in [1.807, 2.05) is 73.3 Å². The Balaban J connectivity index is 1.36. The maximum absolute atomic E-state index is 7.38. The summed E-state index contributed by atoms with van der Waals surface area (Å²) in [5, 5.41) is 0.575. The highest BCUT2D eigenvalue weighted by molar-refractivity contribution is 9.10. The van der Waals surface area contributed by atoms with Crippen molar-refractivity contribution in [1.29, 1.82) is 0 Å². The number of nitrogens with zero attached hydrogens (tertiary/aromatic N) is 4. The SMILES string of the molecule is Clc1cc(N(c2cccc(Br)c2)c2c(-c3ccccc3)cncc2-c2ccccc2)cc(N(c2cccc(Br)c2)c2c(-c3ccccc3)cncc2-c2ccccc2)c1. The highest BCUT2D eigenvalue weighted by Gasteiger charge is 2.27. The molecule has 0 bridgehead atoms. The number of pyridine rings is 2. The number of halogens is 3. The molecular formula is C52H35Br2ClN4. The molecule has 0 N–H and O–H groups in total. The summed E-state index contributed by atoms with van der Waals surface area (Å²) >= 11 is 15.0. The zero-order valence-electron chi connectivity index (χ0n) is 31.6. The van der Waals surface area contributed by atoms with Crippen molar-refractivity contribution in [3.05, 3.63) is 227 Å². The average Bonchev–Trinajstić information content (AvgIpc) is 3.28. The minimum Gasteiger partial charge on any atom is -0.309 e. The van der Waals surface area contributed by atoms with Crippen LogP contribution in [0.15, 0.2) is 222 Å². The molecule has 0 spiro atoms. The lowest BCUT2D eigenvalue weighted by Crippen LogP contribution is -2.16. The smallest absolute Gasteiger partial charge is 0.0649 e. The molecule has 0 aliphatic heterocycles. The molecule has 2 aromatic heterocycles. The summed E-state index contributed by atoms with van der Waals surface area (Å²) in [6.45, 7) is 0. The number of benzene rings is 7. The highest BCUT2D eigenvalue weighted by Crippen LogP contribution is 2.51. The van der Waals surface area contributed by atoms with Gasteiger partial charge in [-0.05, 0) is 76.9 Å². The Labute approximate surface area is 366 Å². The number of rotatable bonds is 10. The summed E-state index contributed by atoms with van der Waals surface area (Å²) < 4.78 is 1.90. The molecule has 0 saturated carbocycles. The lowest BCUT2D eigenvalue weighted by atomic mass is 9.96. The molecule has 7 aromatic carbocycles. The van der Waals surface area contributed by atoms with Crippen LogP contribution >= 0.6 is 43.5 Å². The lowest BCUT2D eigenvalue weighted by molar-refractivity contribution is 1.22. The summed E-state index contributed by atoms with van der Waals surface area (Å²) in [7, 11) is 0. The van der Waals surface area contributed by atoms with Crippen molar-refractivity contribution in [2.75, 3.05) is 9.80 Å². The van der Waals surface area contributed by atoms with Crippen LogP contribution in [0, 0.1) is 0 Å². The van der Waals surface area contributed by atoms with E-state index >= 15 is 0 Å². The molecule has 9 aromatic rings. The van der Waals surface area contributed by atoms with Crippen LogP contribution in [-0.4, -0.2) is 9.97 Å². The molecular weight excluding hydrogens is 876 g/mol. The van der Waals surface area contributed by atoms with E-state index in [-0.39, 0.29) is 0 Å². The Bertz CT molecular complexity index is 2570. The van der Waals surface area contributed by atoms with Crippen LogP contribution in [0.1, 0.15) is 0 Å². The first-order valence-electron chi connectivity index (χ1n) is 19.1. The van der Waals surface area contributed by atoms with Crippen molar-refractivity contribution in [1.82, 2.24) is 9.97 Å². The third-order valence-corrected chi connectivity index (χ3v) is 11.3. The Morgan fingerprint density at radius 3 is 0.966 bits per heavy atom. The van der Waals surface area contributed by atoms with Crippen LogP contribution in [0.5, 0.6) is 0 Å². The lowest BCUT2D eigenvalue weighted by Gasteiger charge is -2.33. The second kappa shape index (κ2) is 17.3. The molecule has 0 saturated heterocycles. The zero-order chi connectivity index (χ0) is 40.1. The van der Waals surface area contributed by atoms with Crippen LogP contribution in [0.3, 0.4) is 0 Å². The topological polar surface area (TPSA) is 32.3 Å². The normalized spacial score (nSPS) is 11.0. The summed E-state index contributed by atoms with van der Waals surface area (Å²) in [5.41, 5.74) is 13.6. The molecule has 0 aliphatic carbocycles. The molecule has 0 radical (unpaired) electrons. The molecule has 9 rings (SSSR count). The largest absolute Gasteiger partial charge is 0.309 e. The molecule has 0 fully saturated rings. The average molecular weight is 911 g/mol. The minimum absolute atomic E-state index is 0.575. The van der Waals surface area contributed by atoms with Gasteiger partial charge in [0.1, 0.15) is 0 Å². The molecule has 59 heavy (non-hydrogen) atoms. The summed E-state index contributed by atoms with van der Waals surface area (Å²) in [5.74, 6) is 0. The fraction of sp³-hybridized carbons (Fsp3) is 0. The van der Waals surface area contributed by atoms with Crippen molar-refractivity contribution >= 4 is 77.6 Å². The fourth-order valence-electron chi connectivity index (χ4n) is 7.57. The number of hydrogen-bond donors (Lipinski definition) is 0. The van der Waals surface area contributed by atoms with E-state index in [0.717, 1.165) is 87.6 Å². The van der Waals surface area contributed by atoms with Crippen molar-refractivity contribution < 1.29 is 0 Å². The molecule has 0 amide bonds. The third-order valence-electron chi connectivity index (χ3n) is 10.1. The van der Waals surface area contributed by atoms with Gasteiger partial charge in [-0.25, -0.2) is 0 Å². The second-order valence-corrected chi connectivity index (χ2v) is 16.2. The molecule has 284 valence electrons. The Hall–Kier alpha value is -6.31. The summed E-state index contributed by atoms with van der Waals surface area (Å²) in [4.78, 5) is 14.3. The van der Waals surface area contributed by atoms with Gasteiger partial charge in [0, 0.05) is 83.8 Å². The predicted molar refractivity (Wildman–Crippen MR) is 254 cm³/mol. The van der Waals surface area contributed by atoms with E-state index in [2.05, 4.69) is 181 Å². The summed E-state index contributed by atoms with van der Waals surface area (Å²) in [6, 6.07) is 64.8. The molecule has 0 atom stereocenters. The van der Waals surface area contributed by atoms with Gasteiger partial charge >= 0.3 is 0 Å². The Morgan fingerprint density at radius 2 is 0.661 bits per heavy atom. The fourth-order valence-corrected chi connectivity index (χ4v) is 8.57. The molecule has 2 heterocycles. The number of anilines is 6. The van der Waals surface area contributed by atoms with E-state index in [1.165, 1.54) is 0 Å². The maximum atomic E-state index is 7.38. The van der Waals surface area contributed by atoms with Crippen LogP contribution < -0.4 is 9.80 Å². The van der Waals surface area contributed by atoms with Gasteiger partial charge in [0.05, 0.1) is 11.4 Å². The van der Waals surface area contributed by atoms with E-state index in [9.17, 15) is 0 Å². The van der Waals surface area contributed by atoms with E-state index < -0.39 is 0 Å². The number of aromatic nitrogens is 2. The molecule has 0 aliphatic rings. The standard InChI is InChI=1S/C52H35Br2ClN4/c53-40-23-13-25-43(27-40)58(51-47(36-15-5-1-6-16-36)32-56-33-48(51)37-17-7-2-8-18-37)45-29-42(55)30-46(31-45)59(44-26-14-24-41(54)28-44)52-49(38-19-9-3-10-20-38)34-57-35-50(52)39-21-11-4-12-22-39/h1-35H. The Morgan fingerprint density at radius 1 is 0.339 bits per heavy atom. The van der Waals surface area contributed by atoms with Crippen molar-refractivity contribution in [3.8, 4) is 44.5 Å². The van der Waals surface area contributed by atoms with Crippen LogP contribution in [-0.2, 0) is 0 Å².